The topological polar surface area (TPSA) is 79.5 Å². The van der Waals surface area contributed by atoms with E-state index in [1.807, 2.05) is 30.3 Å². The van der Waals surface area contributed by atoms with Crippen molar-refractivity contribution in [3.8, 4) is 0 Å². The molecule has 0 fully saturated rings. The summed E-state index contributed by atoms with van der Waals surface area (Å²) in [6.45, 7) is 0.867. The average molecular weight is 383 g/mol. The normalized spacial score (nSPS) is 10.4. The fourth-order valence-corrected chi connectivity index (χ4v) is 2.38. The number of ether oxygens (including phenoxy) is 1. The molecule has 27 heavy (non-hydrogen) atoms. The van der Waals surface area contributed by atoms with Crippen LogP contribution >= 0.6 is 12.2 Å². The van der Waals surface area contributed by atoms with E-state index in [1.54, 1.807) is 37.5 Å². The largest absolute Gasteiger partial charge is 0.383 e. The second-order valence-corrected chi connectivity index (χ2v) is 5.93. The van der Waals surface area contributed by atoms with Gasteiger partial charge in [0.05, 0.1) is 6.61 Å². The first-order valence-electron chi connectivity index (χ1n) is 8.31. The Labute approximate surface area is 163 Å². The molecule has 2 aromatic rings. The number of methoxy groups -OCH3 is 1. The Morgan fingerprint density at radius 2 is 1.89 bits per heavy atom. The number of hydrogen-bond donors (Lipinski definition) is 3. The number of rotatable bonds is 7. The van der Waals surface area contributed by atoms with Gasteiger partial charge in [0.1, 0.15) is 0 Å². The van der Waals surface area contributed by atoms with Crippen LogP contribution in [0.5, 0.6) is 0 Å². The summed E-state index contributed by atoms with van der Waals surface area (Å²) >= 11 is 5.14. The van der Waals surface area contributed by atoms with Crippen molar-refractivity contribution in [2.45, 2.75) is 0 Å². The molecule has 0 radical (unpaired) electrons. The van der Waals surface area contributed by atoms with E-state index >= 15 is 0 Å². The SMILES string of the molecule is COCCNC(=O)c1cccc(NC(=S)NC(=O)/C=C/c2ccccc2)c1. The Hall–Kier alpha value is -3.03. The van der Waals surface area contributed by atoms with Gasteiger partial charge in [-0.05, 0) is 42.1 Å². The molecule has 0 heterocycles. The number of benzene rings is 2. The molecule has 0 bridgehead atoms. The quantitative estimate of drug-likeness (QED) is 0.389. The molecule has 2 rings (SSSR count). The van der Waals surface area contributed by atoms with Gasteiger partial charge in [-0.3, -0.25) is 14.9 Å². The van der Waals surface area contributed by atoms with Crippen LogP contribution in [0.3, 0.4) is 0 Å². The van der Waals surface area contributed by atoms with E-state index in [2.05, 4.69) is 16.0 Å². The van der Waals surface area contributed by atoms with Crippen LogP contribution < -0.4 is 16.0 Å². The van der Waals surface area contributed by atoms with E-state index in [9.17, 15) is 9.59 Å². The first-order chi connectivity index (χ1) is 13.1. The zero-order valence-corrected chi connectivity index (χ0v) is 15.7. The van der Waals surface area contributed by atoms with Gasteiger partial charge < -0.3 is 15.4 Å². The summed E-state index contributed by atoms with van der Waals surface area (Å²) in [6.07, 6.45) is 3.10. The summed E-state index contributed by atoms with van der Waals surface area (Å²) in [4.78, 5) is 24.0. The molecule has 0 unspecified atom stereocenters. The Bertz CT molecular complexity index is 822. The fourth-order valence-electron chi connectivity index (χ4n) is 2.16. The summed E-state index contributed by atoms with van der Waals surface area (Å²) in [6, 6.07) is 16.3. The van der Waals surface area contributed by atoms with E-state index in [-0.39, 0.29) is 16.9 Å². The maximum Gasteiger partial charge on any atom is 0.251 e. The van der Waals surface area contributed by atoms with Gasteiger partial charge in [0.15, 0.2) is 5.11 Å². The molecular formula is C20H21N3O3S. The lowest BCUT2D eigenvalue weighted by Crippen LogP contribution is -2.33. The van der Waals surface area contributed by atoms with Crippen molar-refractivity contribution in [2.24, 2.45) is 0 Å². The Balaban J connectivity index is 1.88. The van der Waals surface area contributed by atoms with Crippen molar-refractivity contribution in [3.05, 3.63) is 71.8 Å². The van der Waals surface area contributed by atoms with Crippen molar-refractivity contribution < 1.29 is 14.3 Å². The van der Waals surface area contributed by atoms with Crippen LogP contribution in [-0.4, -0.2) is 37.2 Å². The number of amides is 2. The molecule has 6 nitrogen and oxygen atoms in total. The van der Waals surface area contributed by atoms with Crippen LogP contribution in [0.1, 0.15) is 15.9 Å². The molecular weight excluding hydrogens is 362 g/mol. The van der Waals surface area contributed by atoms with E-state index in [0.717, 1.165) is 5.56 Å². The van der Waals surface area contributed by atoms with Gasteiger partial charge in [0.2, 0.25) is 5.91 Å². The minimum atomic E-state index is -0.343. The van der Waals surface area contributed by atoms with Gasteiger partial charge in [-0.25, -0.2) is 0 Å². The number of hydrogen-bond acceptors (Lipinski definition) is 4. The molecule has 0 aliphatic carbocycles. The van der Waals surface area contributed by atoms with Crippen LogP contribution in [0.15, 0.2) is 60.7 Å². The molecule has 2 aromatic carbocycles. The van der Waals surface area contributed by atoms with E-state index in [1.165, 1.54) is 6.08 Å². The smallest absolute Gasteiger partial charge is 0.251 e. The van der Waals surface area contributed by atoms with Crippen molar-refractivity contribution in [1.82, 2.24) is 10.6 Å². The summed E-state index contributed by atoms with van der Waals surface area (Å²) in [5.74, 6) is -0.554. The number of nitrogens with one attached hydrogen (secondary N) is 3. The standard InChI is InChI=1S/C20H21N3O3S/c1-26-13-12-21-19(25)16-8-5-9-17(14-16)22-20(27)23-18(24)11-10-15-6-3-2-4-7-15/h2-11,14H,12-13H2,1H3,(H,21,25)(H2,22,23,24,27)/b11-10+. The van der Waals surface area contributed by atoms with Crippen molar-refractivity contribution >= 4 is 40.9 Å². The second kappa shape index (κ2) is 10.8. The van der Waals surface area contributed by atoms with Gasteiger partial charge in [-0.1, -0.05) is 36.4 Å². The van der Waals surface area contributed by atoms with E-state index in [0.29, 0.717) is 24.4 Å². The number of anilines is 1. The maximum atomic E-state index is 12.0. The van der Waals surface area contributed by atoms with Crippen molar-refractivity contribution in [3.63, 3.8) is 0 Å². The lowest BCUT2D eigenvalue weighted by atomic mass is 10.2. The molecule has 2 amide bonds. The Morgan fingerprint density at radius 1 is 1.11 bits per heavy atom. The molecule has 0 aromatic heterocycles. The summed E-state index contributed by atoms with van der Waals surface area (Å²) in [5.41, 5.74) is 2.00. The molecule has 0 atom stereocenters. The first-order valence-corrected chi connectivity index (χ1v) is 8.71. The van der Waals surface area contributed by atoms with Crippen LogP contribution in [0.4, 0.5) is 5.69 Å². The van der Waals surface area contributed by atoms with Crippen LogP contribution in [-0.2, 0) is 9.53 Å². The van der Waals surface area contributed by atoms with Crippen LogP contribution in [0.25, 0.3) is 6.08 Å². The number of carbonyl (C=O) groups excluding carboxylic acids is 2. The fraction of sp³-hybridized carbons (Fsp3) is 0.150. The summed E-state index contributed by atoms with van der Waals surface area (Å²) in [5, 5.41) is 8.35. The van der Waals surface area contributed by atoms with Crippen LogP contribution in [0.2, 0.25) is 0 Å². The molecule has 0 aliphatic rings. The highest BCUT2D eigenvalue weighted by Crippen LogP contribution is 2.10. The van der Waals surface area contributed by atoms with Crippen molar-refractivity contribution in [2.75, 3.05) is 25.6 Å². The molecule has 3 N–H and O–H groups in total. The third kappa shape index (κ3) is 7.39. The van der Waals surface area contributed by atoms with Gasteiger partial charge in [-0.2, -0.15) is 0 Å². The van der Waals surface area contributed by atoms with Crippen LogP contribution in [0, 0.1) is 0 Å². The second-order valence-electron chi connectivity index (χ2n) is 5.52. The monoisotopic (exact) mass is 383 g/mol. The minimum Gasteiger partial charge on any atom is -0.383 e. The molecule has 0 saturated heterocycles. The first kappa shape index (κ1) is 20.3. The zero-order chi connectivity index (χ0) is 19.5. The lowest BCUT2D eigenvalue weighted by molar-refractivity contribution is -0.115. The number of thiocarbonyl (C=S) groups is 1. The number of carbonyl (C=O) groups is 2. The predicted octanol–water partition coefficient (Wildman–Crippen LogP) is 2.59. The average Bonchev–Trinajstić information content (AvgIpc) is 2.67. The van der Waals surface area contributed by atoms with Gasteiger partial charge in [-0.15, -0.1) is 0 Å². The Morgan fingerprint density at radius 3 is 2.63 bits per heavy atom. The molecule has 0 spiro atoms. The van der Waals surface area contributed by atoms with Gasteiger partial charge in [0.25, 0.3) is 5.91 Å². The third-order valence-electron chi connectivity index (χ3n) is 3.44. The predicted molar refractivity (Wildman–Crippen MR) is 110 cm³/mol. The van der Waals surface area contributed by atoms with E-state index < -0.39 is 0 Å². The molecule has 7 heteroatoms. The van der Waals surface area contributed by atoms with Gasteiger partial charge >= 0.3 is 0 Å². The zero-order valence-electron chi connectivity index (χ0n) is 14.9. The third-order valence-corrected chi connectivity index (χ3v) is 3.64. The van der Waals surface area contributed by atoms with E-state index in [4.69, 9.17) is 17.0 Å². The summed E-state index contributed by atoms with van der Waals surface area (Å²) < 4.78 is 4.90. The molecule has 0 aliphatic heterocycles. The highest BCUT2D eigenvalue weighted by molar-refractivity contribution is 7.80. The molecule has 140 valence electrons. The highest BCUT2D eigenvalue weighted by Gasteiger charge is 2.07. The highest BCUT2D eigenvalue weighted by atomic mass is 32.1. The molecule has 0 saturated carbocycles. The lowest BCUT2D eigenvalue weighted by Gasteiger charge is -2.10. The van der Waals surface area contributed by atoms with Gasteiger partial charge in [0, 0.05) is 31.0 Å². The van der Waals surface area contributed by atoms with Crippen molar-refractivity contribution in [1.29, 1.82) is 0 Å². The maximum absolute atomic E-state index is 12.0. The summed E-state index contributed by atoms with van der Waals surface area (Å²) in [7, 11) is 1.57. The minimum absolute atomic E-state index is 0.148. The Kier molecular flexibility index (Phi) is 8.15.